The van der Waals surface area contributed by atoms with Crippen LogP contribution in [0.3, 0.4) is 0 Å². The number of anilines is 1. The van der Waals surface area contributed by atoms with Crippen molar-refractivity contribution in [2.24, 2.45) is 0 Å². The van der Waals surface area contributed by atoms with Crippen molar-refractivity contribution in [1.82, 2.24) is 15.0 Å². The normalized spacial score (nSPS) is 11.9. The van der Waals surface area contributed by atoms with Crippen LogP contribution >= 0.6 is 0 Å². The lowest BCUT2D eigenvalue weighted by Gasteiger charge is -2.18. The first kappa shape index (κ1) is 17.0. The minimum Gasteiger partial charge on any atom is -0.396 e. The molecule has 128 valence electrons. The number of nitrogens with one attached hydrogen (secondary N) is 1. The molecule has 25 heavy (non-hydrogen) atoms. The summed E-state index contributed by atoms with van der Waals surface area (Å²) in [7, 11) is 0. The topological polar surface area (TPSA) is 70.9 Å². The van der Waals surface area contributed by atoms with Gasteiger partial charge in [0.1, 0.15) is 5.82 Å². The molecule has 3 rings (SSSR count). The van der Waals surface area contributed by atoms with Crippen molar-refractivity contribution < 1.29 is 5.11 Å². The van der Waals surface area contributed by atoms with Gasteiger partial charge in [0.05, 0.1) is 0 Å². The van der Waals surface area contributed by atoms with Crippen LogP contribution in [-0.2, 0) is 0 Å². The highest BCUT2D eigenvalue weighted by molar-refractivity contribution is 5.56. The zero-order chi connectivity index (χ0) is 17.5. The maximum Gasteiger partial charge on any atom is 0.163 e. The molecule has 0 aliphatic rings. The highest BCUT2D eigenvalue weighted by Crippen LogP contribution is 2.21. The molecule has 0 fully saturated rings. The lowest BCUT2D eigenvalue weighted by Crippen LogP contribution is -2.15. The molecule has 5 nitrogen and oxygen atoms in total. The Morgan fingerprint density at radius 1 is 1.08 bits per heavy atom. The minimum absolute atomic E-state index is 0.158. The van der Waals surface area contributed by atoms with Crippen LogP contribution in [0.2, 0.25) is 0 Å². The number of hydrogen-bond acceptors (Lipinski definition) is 5. The van der Waals surface area contributed by atoms with E-state index in [0.29, 0.717) is 18.8 Å². The van der Waals surface area contributed by atoms with Crippen LogP contribution in [0.4, 0.5) is 5.82 Å². The molecule has 3 aromatic rings. The van der Waals surface area contributed by atoms with E-state index in [-0.39, 0.29) is 12.5 Å². The van der Waals surface area contributed by atoms with Crippen LogP contribution in [0.5, 0.6) is 0 Å². The molecule has 0 aliphatic carbocycles. The molecule has 0 spiro atoms. The van der Waals surface area contributed by atoms with Gasteiger partial charge in [-0.15, -0.1) is 0 Å². The van der Waals surface area contributed by atoms with Gasteiger partial charge >= 0.3 is 0 Å². The minimum atomic E-state index is 0.158. The maximum absolute atomic E-state index is 9.37. The summed E-state index contributed by atoms with van der Waals surface area (Å²) in [5, 5.41) is 12.8. The Balaban J connectivity index is 1.77. The fourth-order valence-corrected chi connectivity index (χ4v) is 2.78. The van der Waals surface area contributed by atoms with Gasteiger partial charge in [-0.25, -0.2) is 9.97 Å². The van der Waals surface area contributed by atoms with Crippen molar-refractivity contribution in [3.63, 3.8) is 0 Å². The van der Waals surface area contributed by atoms with Crippen molar-refractivity contribution in [1.29, 1.82) is 0 Å². The van der Waals surface area contributed by atoms with Crippen molar-refractivity contribution in [3.05, 3.63) is 72.2 Å². The zero-order valence-electron chi connectivity index (χ0n) is 14.3. The molecular weight excluding hydrogens is 312 g/mol. The van der Waals surface area contributed by atoms with Crippen molar-refractivity contribution >= 4 is 5.82 Å². The first-order valence-electron chi connectivity index (χ1n) is 8.42. The van der Waals surface area contributed by atoms with E-state index >= 15 is 0 Å². The molecule has 0 saturated carbocycles. The monoisotopic (exact) mass is 334 g/mol. The summed E-state index contributed by atoms with van der Waals surface area (Å²) in [6.45, 7) is 2.81. The van der Waals surface area contributed by atoms with E-state index in [9.17, 15) is 5.11 Å². The van der Waals surface area contributed by atoms with E-state index in [1.165, 1.54) is 5.56 Å². The smallest absolute Gasteiger partial charge is 0.163 e. The molecule has 2 N–H and O–H groups in total. The van der Waals surface area contributed by atoms with Gasteiger partial charge in [-0.2, -0.15) is 0 Å². The number of benzene rings is 1. The Morgan fingerprint density at radius 3 is 2.64 bits per heavy atom. The molecule has 1 unspecified atom stereocenters. The molecule has 1 aromatic carbocycles. The largest absolute Gasteiger partial charge is 0.396 e. The number of nitrogens with zero attached hydrogens (tertiary/aromatic N) is 3. The van der Waals surface area contributed by atoms with Crippen LogP contribution in [0.1, 0.15) is 23.6 Å². The third kappa shape index (κ3) is 4.61. The molecule has 0 aliphatic heterocycles. The second-order valence-corrected chi connectivity index (χ2v) is 5.96. The molecule has 0 radical (unpaired) electrons. The highest BCUT2D eigenvalue weighted by Gasteiger charge is 2.12. The third-order valence-corrected chi connectivity index (χ3v) is 4.05. The summed E-state index contributed by atoms with van der Waals surface area (Å²) in [5.41, 5.74) is 3.00. The molecule has 0 amide bonds. The van der Waals surface area contributed by atoms with Crippen LogP contribution in [0.25, 0.3) is 11.4 Å². The van der Waals surface area contributed by atoms with Gasteiger partial charge in [0.15, 0.2) is 5.82 Å². The lowest BCUT2D eigenvalue weighted by molar-refractivity contribution is 0.277. The summed E-state index contributed by atoms with van der Waals surface area (Å²) >= 11 is 0. The van der Waals surface area contributed by atoms with Gasteiger partial charge in [-0.1, -0.05) is 30.3 Å². The standard InChI is InChI=1S/C20H22N4O/c1-15-12-19(24-20(23-15)18-8-5-10-21-13-18)22-14-17(9-11-25)16-6-3-2-4-7-16/h2-8,10,12-13,17,25H,9,11,14H2,1H3,(H,22,23,24). The first-order valence-corrected chi connectivity index (χ1v) is 8.42. The Labute approximate surface area is 147 Å². The Bertz CT molecular complexity index is 793. The van der Waals surface area contributed by atoms with Crippen LogP contribution < -0.4 is 5.32 Å². The fourth-order valence-electron chi connectivity index (χ4n) is 2.78. The maximum atomic E-state index is 9.37. The summed E-state index contributed by atoms with van der Waals surface area (Å²) in [6.07, 6.45) is 4.20. The number of rotatable bonds is 7. The lowest BCUT2D eigenvalue weighted by atomic mass is 9.96. The molecular formula is C20H22N4O. The zero-order valence-corrected chi connectivity index (χ0v) is 14.3. The molecule has 1 atom stereocenters. The summed E-state index contributed by atoms with van der Waals surface area (Å²) in [4.78, 5) is 13.2. The molecule has 0 saturated heterocycles. The van der Waals surface area contributed by atoms with E-state index in [1.54, 1.807) is 12.4 Å². The fraction of sp³-hybridized carbons (Fsp3) is 0.250. The van der Waals surface area contributed by atoms with Gasteiger partial charge in [-0.05, 0) is 31.0 Å². The second-order valence-electron chi connectivity index (χ2n) is 5.96. The Kier molecular flexibility index (Phi) is 5.69. The van der Waals surface area contributed by atoms with Gasteiger partial charge in [0.25, 0.3) is 0 Å². The van der Waals surface area contributed by atoms with Gasteiger partial charge in [-0.3, -0.25) is 4.98 Å². The van der Waals surface area contributed by atoms with E-state index < -0.39 is 0 Å². The van der Waals surface area contributed by atoms with E-state index in [2.05, 4.69) is 32.4 Å². The van der Waals surface area contributed by atoms with Crippen LogP contribution in [0.15, 0.2) is 60.9 Å². The van der Waals surface area contributed by atoms with Crippen molar-refractivity contribution in [2.45, 2.75) is 19.3 Å². The average molecular weight is 334 g/mol. The number of aromatic nitrogens is 3. The van der Waals surface area contributed by atoms with Gasteiger partial charge < -0.3 is 10.4 Å². The molecule has 2 aromatic heterocycles. The second kappa shape index (κ2) is 8.35. The van der Waals surface area contributed by atoms with Crippen LogP contribution in [-0.4, -0.2) is 33.2 Å². The first-order chi connectivity index (χ1) is 12.3. The number of aryl methyl sites for hydroxylation is 1. The SMILES string of the molecule is Cc1cc(NCC(CCO)c2ccccc2)nc(-c2cccnc2)n1. The molecule has 2 heterocycles. The average Bonchev–Trinajstić information content (AvgIpc) is 2.66. The Morgan fingerprint density at radius 2 is 1.92 bits per heavy atom. The summed E-state index contributed by atoms with van der Waals surface area (Å²) in [5.74, 6) is 1.67. The third-order valence-electron chi connectivity index (χ3n) is 4.05. The van der Waals surface area contributed by atoms with E-state index in [4.69, 9.17) is 0 Å². The van der Waals surface area contributed by atoms with E-state index in [0.717, 1.165) is 17.1 Å². The quantitative estimate of drug-likeness (QED) is 0.693. The highest BCUT2D eigenvalue weighted by atomic mass is 16.3. The van der Waals surface area contributed by atoms with Crippen molar-refractivity contribution in [2.75, 3.05) is 18.5 Å². The van der Waals surface area contributed by atoms with E-state index in [1.807, 2.05) is 43.3 Å². The Hall–Kier alpha value is -2.79. The predicted molar refractivity (Wildman–Crippen MR) is 99.4 cm³/mol. The molecule has 5 heteroatoms. The summed E-state index contributed by atoms with van der Waals surface area (Å²) in [6, 6.07) is 16.0. The summed E-state index contributed by atoms with van der Waals surface area (Å²) < 4.78 is 0. The molecule has 0 bridgehead atoms. The number of aliphatic hydroxyl groups excluding tert-OH is 1. The predicted octanol–water partition coefficient (Wildman–Crippen LogP) is 3.43. The van der Waals surface area contributed by atoms with Gasteiger partial charge in [0.2, 0.25) is 0 Å². The number of pyridine rings is 1. The number of hydrogen-bond donors (Lipinski definition) is 2. The van der Waals surface area contributed by atoms with Gasteiger partial charge in [0, 0.05) is 48.8 Å². The van der Waals surface area contributed by atoms with Crippen LogP contribution in [0, 0.1) is 6.92 Å². The van der Waals surface area contributed by atoms with Crippen molar-refractivity contribution in [3.8, 4) is 11.4 Å². The number of aliphatic hydroxyl groups is 1.